The molecule has 12 atom stereocenters. The Bertz CT molecular complexity index is 900. The monoisotopic (exact) mass is 553 g/mol. The van der Waals surface area contributed by atoms with Gasteiger partial charge in [-0.2, -0.15) is 0 Å². The minimum absolute atomic E-state index is 0.0727. The van der Waals surface area contributed by atoms with E-state index in [1.165, 1.54) is 77.0 Å². The highest BCUT2D eigenvalue weighted by Crippen LogP contribution is 2.67. The fraction of sp³-hybridized carbons (Fsp3) is 0.949. The van der Waals surface area contributed by atoms with E-state index in [2.05, 4.69) is 68.4 Å². The lowest BCUT2D eigenvalue weighted by Gasteiger charge is -2.58. The molecule has 230 valence electrons. The summed E-state index contributed by atoms with van der Waals surface area (Å²) < 4.78 is 0. The molecule has 6 rings (SSSR count). The van der Waals surface area contributed by atoms with Gasteiger partial charge in [-0.3, -0.25) is 0 Å². The minimum Gasteiger partial charge on any atom is -0.393 e. The number of allylic oxidation sites excluding steroid dienone is 1. The van der Waals surface area contributed by atoms with Crippen molar-refractivity contribution in [2.75, 3.05) is 0 Å². The van der Waals surface area contributed by atoms with E-state index in [1.807, 2.05) is 0 Å². The van der Waals surface area contributed by atoms with E-state index in [0.717, 1.165) is 72.0 Å². The molecule has 0 bridgehead atoms. The lowest BCUT2D eigenvalue weighted by molar-refractivity contribution is -0.0556. The topological polar surface area (TPSA) is 20.2 Å². The van der Waals surface area contributed by atoms with Crippen molar-refractivity contribution >= 4 is 0 Å². The molecule has 40 heavy (non-hydrogen) atoms. The largest absolute Gasteiger partial charge is 0.393 e. The van der Waals surface area contributed by atoms with Crippen LogP contribution < -0.4 is 0 Å². The fourth-order valence-electron chi connectivity index (χ4n) is 12.8. The number of aliphatic hydroxyl groups is 1. The maximum Gasteiger partial charge on any atom is 0.0577 e. The van der Waals surface area contributed by atoms with E-state index in [-0.39, 0.29) is 6.10 Å². The predicted molar refractivity (Wildman–Crippen MR) is 172 cm³/mol. The molecule has 0 amide bonds. The smallest absolute Gasteiger partial charge is 0.0577 e. The number of hydrogen-bond acceptors (Lipinski definition) is 1. The highest BCUT2D eigenvalue weighted by molar-refractivity contribution is 5.25. The van der Waals surface area contributed by atoms with Crippen LogP contribution in [0.15, 0.2) is 11.6 Å². The standard InChI is InChI=1S/C22H36O.C17H32/c1-14(2)18-7-8-19-17-6-5-15-13-16(23)9-11-21(15,3)20(17)10-12-22(18,19)4;1-6-13(4)14-9-10-17(5)15(11-14)7-8-16(17)12(2)3/h5,14,16-20,23H,6-13H2,1-4H3;12-16H,6-11H2,1-5H3/t16-,17?,18?,19?,20?,21-,22+;13-,14?,15?,16?,17-/m00/s1. The van der Waals surface area contributed by atoms with Crippen molar-refractivity contribution in [3.8, 4) is 0 Å². The second kappa shape index (κ2) is 11.7. The van der Waals surface area contributed by atoms with E-state index in [9.17, 15) is 5.11 Å². The first-order valence-electron chi connectivity index (χ1n) is 18.2. The Hall–Kier alpha value is -0.300. The second-order valence-corrected chi connectivity index (χ2v) is 17.7. The lowest BCUT2D eigenvalue weighted by Crippen LogP contribution is -2.50. The molecule has 1 nitrogen and oxygen atoms in total. The highest BCUT2D eigenvalue weighted by Gasteiger charge is 2.58. The molecule has 0 aromatic heterocycles. The molecule has 1 heteroatoms. The van der Waals surface area contributed by atoms with Crippen LogP contribution in [0.2, 0.25) is 0 Å². The van der Waals surface area contributed by atoms with Gasteiger partial charge in [0.15, 0.2) is 0 Å². The lowest BCUT2D eigenvalue weighted by atomic mass is 9.47. The average molecular weight is 553 g/mol. The fourth-order valence-corrected chi connectivity index (χ4v) is 12.8. The zero-order valence-corrected chi connectivity index (χ0v) is 28.3. The summed E-state index contributed by atoms with van der Waals surface area (Å²) in [5, 5.41) is 10.1. The van der Waals surface area contributed by atoms with E-state index < -0.39 is 0 Å². The third-order valence-electron chi connectivity index (χ3n) is 15.5. The first kappa shape index (κ1) is 31.1. The Kier molecular flexibility index (Phi) is 9.07. The Morgan fingerprint density at radius 2 is 1.43 bits per heavy atom. The van der Waals surface area contributed by atoms with Gasteiger partial charge in [0.2, 0.25) is 0 Å². The quantitative estimate of drug-likeness (QED) is 0.344. The summed E-state index contributed by atoms with van der Waals surface area (Å²) in [6.45, 7) is 22.4. The van der Waals surface area contributed by atoms with Gasteiger partial charge in [0, 0.05) is 0 Å². The van der Waals surface area contributed by atoms with Gasteiger partial charge in [-0.25, -0.2) is 0 Å². The van der Waals surface area contributed by atoms with Crippen molar-refractivity contribution in [2.45, 2.75) is 158 Å². The second-order valence-electron chi connectivity index (χ2n) is 17.7. The van der Waals surface area contributed by atoms with Crippen LogP contribution >= 0.6 is 0 Å². The molecule has 1 N–H and O–H groups in total. The van der Waals surface area contributed by atoms with Crippen LogP contribution in [0.4, 0.5) is 0 Å². The molecule has 0 radical (unpaired) electrons. The van der Waals surface area contributed by atoms with Crippen LogP contribution in [-0.2, 0) is 0 Å². The third-order valence-corrected chi connectivity index (χ3v) is 15.5. The predicted octanol–water partition coefficient (Wildman–Crippen LogP) is 11.1. The molecule has 0 saturated heterocycles. The molecule has 0 spiro atoms. The summed E-state index contributed by atoms with van der Waals surface area (Å²) >= 11 is 0. The van der Waals surface area contributed by atoms with Crippen LogP contribution in [0, 0.1) is 75.4 Å². The van der Waals surface area contributed by atoms with Crippen LogP contribution in [0.1, 0.15) is 152 Å². The molecule has 0 aliphatic heterocycles. The summed E-state index contributed by atoms with van der Waals surface area (Å²) in [5.74, 6) is 9.48. The SMILES string of the molecule is CC(C)C1CCC2C3CC=C4C[C@@H](O)CC[C@]4(C)C3CC[C@]12C.CC[C@H](C)C1CC[C@@]2(C)C(CCC2C(C)C)C1. The van der Waals surface area contributed by atoms with Crippen LogP contribution in [0.25, 0.3) is 0 Å². The minimum atomic E-state index is -0.0727. The maximum atomic E-state index is 10.1. The normalized spacial score (nSPS) is 48.9. The molecule has 0 aromatic carbocycles. The van der Waals surface area contributed by atoms with Gasteiger partial charge in [0.05, 0.1) is 6.10 Å². The van der Waals surface area contributed by atoms with Crippen molar-refractivity contribution in [3.05, 3.63) is 11.6 Å². The summed E-state index contributed by atoms with van der Waals surface area (Å²) in [7, 11) is 0. The molecule has 6 aliphatic rings. The Labute approximate surface area is 250 Å². The maximum absolute atomic E-state index is 10.1. The Morgan fingerprint density at radius 1 is 0.775 bits per heavy atom. The van der Waals surface area contributed by atoms with Gasteiger partial charge in [-0.05, 0) is 159 Å². The number of fused-ring (bicyclic) bond motifs is 6. The van der Waals surface area contributed by atoms with Gasteiger partial charge in [0.25, 0.3) is 0 Å². The number of rotatable bonds is 4. The summed E-state index contributed by atoms with van der Waals surface area (Å²) in [4.78, 5) is 0. The molecule has 5 saturated carbocycles. The van der Waals surface area contributed by atoms with Crippen molar-refractivity contribution in [1.29, 1.82) is 0 Å². The van der Waals surface area contributed by atoms with Gasteiger partial charge in [-0.15, -0.1) is 0 Å². The van der Waals surface area contributed by atoms with Crippen molar-refractivity contribution in [3.63, 3.8) is 0 Å². The molecule has 0 aromatic rings. The molecular weight excluding hydrogens is 484 g/mol. The van der Waals surface area contributed by atoms with Crippen LogP contribution in [0.5, 0.6) is 0 Å². The summed E-state index contributed by atoms with van der Waals surface area (Å²) in [6, 6.07) is 0. The van der Waals surface area contributed by atoms with Crippen LogP contribution in [0.3, 0.4) is 0 Å². The van der Waals surface area contributed by atoms with Crippen LogP contribution in [-0.4, -0.2) is 11.2 Å². The number of aliphatic hydroxyl groups excluding tert-OH is 1. The van der Waals surface area contributed by atoms with Gasteiger partial charge < -0.3 is 5.11 Å². The van der Waals surface area contributed by atoms with E-state index >= 15 is 0 Å². The number of hydrogen-bond donors (Lipinski definition) is 1. The molecule has 5 fully saturated rings. The first-order chi connectivity index (χ1) is 18.8. The Morgan fingerprint density at radius 3 is 2.10 bits per heavy atom. The van der Waals surface area contributed by atoms with E-state index in [4.69, 9.17) is 0 Å². The van der Waals surface area contributed by atoms with Crippen molar-refractivity contribution in [2.24, 2.45) is 75.4 Å². The molecular formula is C39H68O. The molecule has 0 heterocycles. The zero-order valence-electron chi connectivity index (χ0n) is 28.3. The third kappa shape index (κ3) is 5.21. The highest BCUT2D eigenvalue weighted by atomic mass is 16.3. The summed E-state index contributed by atoms with van der Waals surface area (Å²) in [6.07, 6.45) is 21.8. The molecule has 7 unspecified atom stereocenters. The van der Waals surface area contributed by atoms with Crippen molar-refractivity contribution < 1.29 is 5.11 Å². The Balaban J connectivity index is 0.000000170. The first-order valence-corrected chi connectivity index (χ1v) is 18.2. The zero-order chi connectivity index (χ0) is 29.0. The van der Waals surface area contributed by atoms with Gasteiger partial charge in [0.1, 0.15) is 0 Å². The molecule has 6 aliphatic carbocycles. The van der Waals surface area contributed by atoms with E-state index in [1.54, 1.807) is 5.57 Å². The van der Waals surface area contributed by atoms with Crippen molar-refractivity contribution in [1.82, 2.24) is 0 Å². The van der Waals surface area contributed by atoms with Gasteiger partial charge >= 0.3 is 0 Å². The summed E-state index contributed by atoms with van der Waals surface area (Å²) in [5.41, 5.74) is 3.31. The average Bonchev–Trinajstić information content (AvgIpc) is 3.45. The van der Waals surface area contributed by atoms with E-state index in [0.29, 0.717) is 16.2 Å². The van der Waals surface area contributed by atoms with Gasteiger partial charge in [-0.1, -0.05) is 80.4 Å².